The Balaban J connectivity index is 2.03. The maximum atomic E-state index is 5.94. The van der Waals surface area contributed by atoms with Crippen LogP contribution in [0.25, 0.3) is 0 Å². The SMILES string of the molecule is CCCOc1cc(NC2CCCCC2C)ccc1N. The highest BCUT2D eigenvalue weighted by atomic mass is 16.5. The molecule has 0 saturated heterocycles. The molecule has 1 fully saturated rings. The molecule has 0 amide bonds. The zero-order valence-corrected chi connectivity index (χ0v) is 12.1. The van der Waals surface area contributed by atoms with Gasteiger partial charge in [0.1, 0.15) is 5.75 Å². The van der Waals surface area contributed by atoms with Gasteiger partial charge in [0.05, 0.1) is 12.3 Å². The third kappa shape index (κ3) is 3.79. The predicted octanol–water partition coefficient (Wildman–Crippen LogP) is 4.05. The van der Waals surface area contributed by atoms with Crippen molar-refractivity contribution in [3.05, 3.63) is 18.2 Å². The number of benzene rings is 1. The van der Waals surface area contributed by atoms with Gasteiger partial charge in [-0.2, -0.15) is 0 Å². The molecule has 106 valence electrons. The van der Waals surface area contributed by atoms with Gasteiger partial charge in [-0.25, -0.2) is 0 Å². The van der Waals surface area contributed by atoms with Crippen LogP contribution >= 0.6 is 0 Å². The van der Waals surface area contributed by atoms with Gasteiger partial charge >= 0.3 is 0 Å². The number of nitrogens with two attached hydrogens (primary N) is 1. The number of rotatable bonds is 5. The van der Waals surface area contributed by atoms with E-state index in [2.05, 4.69) is 25.2 Å². The quantitative estimate of drug-likeness (QED) is 0.787. The minimum absolute atomic E-state index is 0.580. The fourth-order valence-corrected chi connectivity index (χ4v) is 2.71. The van der Waals surface area contributed by atoms with Gasteiger partial charge in [-0.15, -0.1) is 0 Å². The molecule has 1 saturated carbocycles. The average Bonchev–Trinajstić information content (AvgIpc) is 2.42. The summed E-state index contributed by atoms with van der Waals surface area (Å²) in [5.41, 5.74) is 7.78. The van der Waals surface area contributed by atoms with E-state index in [0.717, 1.165) is 29.5 Å². The van der Waals surface area contributed by atoms with Crippen molar-refractivity contribution in [2.45, 2.75) is 52.0 Å². The molecule has 2 unspecified atom stereocenters. The molecule has 3 heteroatoms. The van der Waals surface area contributed by atoms with E-state index in [-0.39, 0.29) is 0 Å². The van der Waals surface area contributed by atoms with Crippen molar-refractivity contribution in [1.82, 2.24) is 0 Å². The van der Waals surface area contributed by atoms with Crippen molar-refractivity contribution < 1.29 is 4.74 Å². The molecule has 3 N–H and O–H groups in total. The Morgan fingerprint density at radius 3 is 2.84 bits per heavy atom. The molecule has 1 aliphatic rings. The van der Waals surface area contributed by atoms with E-state index >= 15 is 0 Å². The summed E-state index contributed by atoms with van der Waals surface area (Å²) in [4.78, 5) is 0. The Kier molecular flexibility index (Phi) is 4.94. The minimum Gasteiger partial charge on any atom is -0.491 e. The lowest BCUT2D eigenvalue weighted by Gasteiger charge is -2.30. The van der Waals surface area contributed by atoms with Crippen LogP contribution in [0.5, 0.6) is 5.75 Å². The lowest BCUT2D eigenvalue weighted by Crippen LogP contribution is -2.30. The first kappa shape index (κ1) is 14.0. The third-order valence-corrected chi connectivity index (χ3v) is 3.94. The van der Waals surface area contributed by atoms with Gasteiger partial charge in [-0.05, 0) is 37.3 Å². The first-order chi connectivity index (χ1) is 9.20. The maximum Gasteiger partial charge on any atom is 0.144 e. The molecule has 0 spiro atoms. The lowest BCUT2D eigenvalue weighted by molar-refractivity contribution is 0.319. The van der Waals surface area contributed by atoms with Crippen LogP contribution in [0.3, 0.4) is 0 Å². The summed E-state index contributed by atoms with van der Waals surface area (Å²) in [5.74, 6) is 1.54. The molecule has 0 heterocycles. The van der Waals surface area contributed by atoms with Crippen LogP contribution in [0.15, 0.2) is 18.2 Å². The van der Waals surface area contributed by atoms with Crippen molar-refractivity contribution in [2.75, 3.05) is 17.7 Å². The van der Waals surface area contributed by atoms with Gasteiger partial charge in [0.25, 0.3) is 0 Å². The molecule has 1 aromatic rings. The Morgan fingerprint density at radius 1 is 1.32 bits per heavy atom. The molecular formula is C16H26N2O. The summed E-state index contributed by atoms with van der Waals surface area (Å²) in [6, 6.07) is 6.60. The lowest BCUT2D eigenvalue weighted by atomic mass is 9.86. The highest BCUT2D eigenvalue weighted by molar-refractivity contribution is 5.61. The number of nitrogens with one attached hydrogen (secondary N) is 1. The van der Waals surface area contributed by atoms with Crippen LogP contribution < -0.4 is 15.8 Å². The number of ether oxygens (including phenoxy) is 1. The Morgan fingerprint density at radius 2 is 2.11 bits per heavy atom. The van der Waals surface area contributed by atoms with E-state index in [1.807, 2.05) is 12.1 Å². The molecule has 0 bridgehead atoms. The first-order valence-corrected chi connectivity index (χ1v) is 7.49. The van der Waals surface area contributed by atoms with Crippen LogP contribution in [-0.2, 0) is 0 Å². The topological polar surface area (TPSA) is 47.3 Å². The maximum absolute atomic E-state index is 5.94. The van der Waals surface area contributed by atoms with E-state index < -0.39 is 0 Å². The van der Waals surface area contributed by atoms with Crippen LogP contribution in [0, 0.1) is 5.92 Å². The molecule has 2 atom stereocenters. The van der Waals surface area contributed by atoms with Crippen LogP contribution in [0.2, 0.25) is 0 Å². The summed E-state index contributed by atoms with van der Waals surface area (Å²) in [6.07, 6.45) is 6.28. The van der Waals surface area contributed by atoms with Crippen LogP contribution in [0.4, 0.5) is 11.4 Å². The number of anilines is 2. The van der Waals surface area contributed by atoms with Crippen molar-refractivity contribution in [2.24, 2.45) is 5.92 Å². The standard InChI is InChI=1S/C16H26N2O/c1-3-10-19-16-11-13(8-9-14(16)17)18-15-7-5-4-6-12(15)2/h8-9,11-12,15,18H,3-7,10,17H2,1-2H3. The second-order valence-electron chi connectivity index (χ2n) is 5.61. The van der Waals surface area contributed by atoms with Crippen molar-refractivity contribution in [1.29, 1.82) is 0 Å². The van der Waals surface area contributed by atoms with Gasteiger partial charge in [0.2, 0.25) is 0 Å². The van der Waals surface area contributed by atoms with Gasteiger partial charge in [-0.3, -0.25) is 0 Å². The van der Waals surface area contributed by atoms with Crippen LogP contribution in [-0.4, -0.2) is 12.6 Å². The van der Waals surface area contributed by atoms with Gasteiger partial charge in [0, 0.05) is 17.8 Å². The van der Waals surface area contributed by atoms with E-state index in [1.54, 1.807) is 0 Å². The summed E-state index contributed by atoms with van der Waals surface area (Å²) in [7, 11) is 0. The predicted molar refractivity (Wildman–Crippen MR) is 81.7 cm³/mol. The molecule has 1 aromatic carbocycles. The van der Waals surface area contributed by atoms with E-state index in [1.165, 1.54) is 25.7 Å². The van der Waals surface area contributed by atoms with Gasteiger partial charge < -0.3 is 15.8 Å². The second kappa shape index (κ2) is 6.69. The zero-order chi connectivity index (χ0) is 13.7. The largest absolute Gasteiger partial charge is 0.491 e. The highest BCUT2D eigenvalue weighted by Gasteiger charge is 2.21. The van der Waals surface area contributed by atoms with Crippen LogP contribution in [0.1, 0.15) is 46.0 Å². The second-order valence-corrected chi connectivity index (χ2v) is 5.61. The average molecular weight is 262 g/mol. The fourth-order valence-electron chi connectivity index (χ4n) is 2.71. The Bertz CT molecular complexity index is 406. The number of hydrogen-bond donors (Lipinski definition) is 2. The summed E-state index contributed by atoms with van der Waals surface area (Å²) >= 11 is 0. The molecule has 1 aliphatic carbocycles. The fraction of sp³-hybridized carbons (Fsp3) is 0.625. The molecule has 0 aliphatic heterocycles. The van der Waals surface area contributed by atoms with Crippen molar-refractivity contribution >= 4 is 11.4 Å². The third-order valence-electron chi connectivity index (χ3n) is 3.94. The Labute approximate surface area is 116 Å². The van der Waals surface area contributed by atoms with Crippen molar-refractivity contribution in [3.63, 3.8) is 0 Å². The molecular weight excluding hydrogens is 236 g/mol. The Hall–Kier alpha value is -1.38. The van der Waals surface area contributed by atoms with Gasteiger partial charge in [0.15, 0.2) is 0 Å². The molecule has 3 nitrogen and oxygen atoms in total. The molecule has 0 aromatic heterocycles. The number of nitrogen functional groups attached to an aromatic ring is 1. The van der Waals surface area contributed by atoms with Crippen molar-refractivity contribution in [3.8, 4) is 5.75 Å². The van der Waals surface area contributed by atoms with E-state index in [4.69, 9.17) is 10.5 Å². The summed E-state index contributed by atoms with van der Waals surface area (Å²) < 4.78 is 5.68. The minimum atomic E-state index is 0.580. The zero-order valence-electron chi connectivity index (χ0n) is 12.1. The van der Waals surface area contributed by atoms with E-state index in [0.29, 0.717) is 12.6 Å². The molecule has 0 radical (unpaired) electrons. The van der Waals surface area contributed by atoms with Gasteiger partial charge in [-0.1, -0.05) is 26.7 Å². The van der Waals surface area contributed by atoms with E-state index in [9.17, 15) is 0 Å². The smallest absolute Gasteiger partial charge is 0.144 e. The summed E-state index contributed by atoms with van der Waals surface area (Å²) in [6.45, 7) is 5.15. The summed E-state index contributed by atoms with van der Waals surface area (Å²) in [5, 5.41) is 3.64. The first-order valence-electron chi connectivity index (χ1n) is 7.49. The highest BCUT2D eigenvalue weighted by Crippen LogP contribution is 2.30. The molecule has 2 rings (SSSR count). The normalized spacial score (nSPS) is 23.1. The number of hydrogen-bond acceptors (Lipinski definition) is 3. The molecule has 19 heavy (non-hydrogen) atoms. The monoisotopic (exact) mass is 262 g/mol.